The molecule has 0 atom stereocenters. The zero-order chi connectivity index (χ0) is 22.1. The number of pyridine rings is 1. The molecule has 1 aromatic carbocycles. The number of H-pyrrole nitrogens is 2. The van der Waals surface area contributed by atoms with Gasteiger partial charge in [0, 0.05) is 23.7 Å². The summed E-state index contributed by atoms with van der Waals surface area (Å²) in [6, 6.07) is 7.57. The molecule has 0 saturated carbocycles. The third-order valence-corrected chi connectivity index (χ3v) is 5.00. The van der Waals surface area contributed by atoms with Gasteiger partial charge < -0.3 is 20.4 Å². The van der Waals surface area contributed by atoms with Gasteiger partial charge in [0.25, 0.3) is 0 Å². The van der Waals surface area contributed by atoms with Crippen LogP contribution in [0.5, 0.6) is 0 Å². The standard InChI is InChI=1S/C19H17Cl2N7O3/c1-2-28(19(30)31-18(29)16(20)21)8-13-25-14-10-4-3-9(11-5-6-23-27-11)7-12(10)24-17(22)15(14)26-13/h3-7,16H,2,8H2,1H3,(H2,22,24)(H,23,27)(H,25,26). The van der Waals surface area contributed by atoms with Crippen molar-refractivity contribution in [1.29, 1.82) is 0 Å². The number of fused-ring (bicyclic) bond motifs is 3. The predicted octanol–water partition coefficient (Wildman–Crippen LogP) is 3.37. The summed E-state index contributed by atoms with van der Waals surface area (Å²) in [5.74, 6) is -0.340. The van der Waals surface area contributed by atoms with Crippen LogP contribution in [-0.4, -0.2) is 53.5 Å². The molecule has 12 heteroatoms. The van der Waals surface area contributed by atoms with Crippen LogP contribution in [-0.2, 0) is 16.1 Å². The Morgan fingerprint density at radius 2 is 2.06 bits per heavy atom. The van der Waals surface area contributed by atoms with Crippen molar-refractivity contribution in [1.82, 2.24) is 30.0 Å². The maximum atomic E-state index is 12.2. The molecule has 0 spiro atoms. The summed E-state index contributed by atoms with van der Waals surface area (Å²) in [6.07, 6.45) is 0.864. The first-order chi connectivity index (χ1) is 14.9. The van der Waals surface area contributed by atoms with Gasteiger partial charge in [0.15, 0.2) is 5.82 Å². The fourth-order valence-corrected chi connectivity index (χ4v) is 3.25. The number of esters is 1. The Hall–Kier alpha value is -3.37. The number of hydrogen-bond donors (Lipinski definition) is 3. The number of anilines is 1. The van der Waals surface area contributed by atoms with Gasteiger partial charge in [-0.2, -0.15) is 5.10 Å². The molecule has 0 radical (unpaired) electrons. The Labute approximate surface area is 185 Å². The number of nitrogens with one attached hydrogen (secondary N) is 2. The second-order valence-corrected chi connectivity index (χ2v) is 7.69. The largest absolute Gasteiger partial charge is 0.417 e. The number of nitrogen functional groups attached to an aromatic ring is 1. The van der Waals surface area contributed by atoms with Gasteiger partial charge in [-0.3, -0.25) is 5.10 Å². The van der Waals surface area contributed by atoms with Gasteiger partial charge in [0.05, 0.1) is 23.3 Å². The first-order valence-corrected chi connectivity index (χ1v) is 10.1. The van der Waals surface area contributed by atoms with E-state index in [1.807, 2.05) is 24.3 Å². The highest BCUT2D eigenvalue weighted by Crippen LogP contribution is 2.29. The van der Waals surface area contributed by atoms with Crippen molar-refractivity contribution in [2.45, 2.75) is 18.3 Å². The Balaban J connectivity index is 1.66. The average molecular weight is 462 g/mol. The lowest BCUT2D eigenvalue weighted by molar-refractivity contribution is -0.136. The van der Waals surface area contributed by atoms with E-state index in [0.717, 1.165) is 16.6 Å². The van der Waals surface area contributed by atoms with Crippen LogP contribution in [0.3, 0.4) is 0 Å². The molecule has 0 saturated heterocycles. The first-order valence-electron chi connectivity index (χ1n) is 9.24. The Bertz CT molecular complexity index is 1270. The highest BCUT2D eigenvalue weighted by atomic mass is 35.5. The predicted molar refractivity (Wildman–Crippen MR) is 116 cm³/mol. The van der Waals surface area contributed by atoms with Crippen LogP contribution in [0.4, 0.5) is 10.6 Å². The van der Waals surface area contributed by atoms with Crippen molar-refractivity contribution >= 4 is 63.0 Å². The van der Waals surface area contributed by atoms with Gasteiger partial charge in [-0.05, 0) is 25.1 Å². The number of amides is 1. The zero-order valence-corrected chi connectivity index (χ0v) is 17.7. The van der Waals surface area contributed by atoms with Crippen molar-refractivity contribution in [3.63, 3.8) is 0 Å². The second-order valence-electron chi connectivity index (χ2n) is 6.60. The lowest BCUT2D eigenvalue weighted by Crippen LogP contribution is -2.34. The minimum atomic E-state index is -1.45. The summed E-state index contributed by atoms with van der Waals surface area (Å²) in [6.45, 7) is 2.05. The van der Waals surface area contributed by atoms with Crippen molar-refractivity contribution in [2.75, 3.05) is 12.3 Å². The Morgan fingerprint density at radius 1 is 1.26 bits per heavy atom. The highest BCUT2D eigenvalue weighted by molar-refractivity contribution is 6.53. The van der Waals surface area contributed by atoms with Crippen molar-refractivity contribution < 1.29 is 14.3 Å². The molecule has 3 aromatic heterocycles. The van der Waals surface area contributed by atoms with E-state index in [4.69, 9.17) is 28.9 Å². The van der Waals surface area contributed by atoms with Crippen LogP contribution in [0, 0.1) is 0 Å². The maximum Gasteiger partial charge on any atom is 0.417 e. The number of alkyl halides is 2. The fraction of sp³-hybridized carbons (Fsp3) is 0.211. The maximum absolute atomic E-state index is 12.2. The van der Waals surface area contributed by atoms with Crippen molar-refractivity contribution in [2.24, 2.45) is 0 Å². The summed E-state index contributed by atoms with van der Waals surface area (Å²) >= 11 is 10.9. The highest BCUT2D eigenvalue weighted by Gasteiger charge is 2.23. The molecular weight excluding hydrogens is 445 g/mol. The minimum Gasteiger partial charge on any atom is -0.382 e. The van der Waals surface area contributed by atoms with E-state index < -0.39 is 16.9 Å². The smallest absolute Gasteiger partial charge is 0.382 e. The number of nitrogens with two attached hydrogens (primary N) is 1. The molecule has 4 rings (SSSR count). The van der Waals surface area contributed by atoms with E-state index in [9.17, 15) is 9.59 Å². The van der Waals surface area contributed by atoms with Gasteiger partial charge >= 0.3 is 12.1 Å². The number of hydrogen-bond acceptors (Lipinski definition) is 7. The van der Waals surface area contributed by atoms with Gasteiger partial charge in [-0.15, -0.1) is 0 Å². The quantitative estimate of drug-likeness (QED) is 0.234. The number of carbonyl (C=O) groups excluding carboxylic acids is 2. The van der Waals surface area contributed by atoms with Gasteiger partial charge in [-0.25, -0.2) is 19.6 Å². The molecule has 0 fully saturated rings. The molecule has 0 bridgehead atoms. The van der Waals surface area contributed by atoms with Gasteiger partial charge in [0.2, 0.25) is 4.84 Å². The van der Waals surface area contributed by atoms with Crippen LogP contribution >= 0.6 is 23.2 Å². The summed E-state index contributed by atoms with van der Waals surface area (Å²) in [5, 5.41) is 7.77. The van der Waals surface area contributed by atoms with Crippen LogP contribution in [0.25, 0.3) is 33.2 Å². The van der Waals surface area contributed by atoms with E-state index in [1.165, 1.54) is 4.90 Å². The Morgan fingerprint density at radius 3 is 2.74 bits per heavy atom. The lowest BCUT2D eigenvalue weighted by atomic mass is 10.1. The molecular formula is C19H17Cl2N7O3. The average Bonchev–Trinajstić information content (AvgIpc) is 3.42. The number of nitrogens with zero attached hydrogens (tertiary/aromatic N) is 4. The monoisotopic (exact) mass is 461 g/mol. The number of carbonyl (C=O) groups is 2. The topological polar surface area (TPSA) is 143 Å². The molecule has 10 nitrogen and oxygen atoms in total. The molecule has 1 amide bonds. The van der Waals surface area contributed by atoms with Crippen molar-refractivity contribution in [3.05, 3.63) is 36.3 Å². The molecule has 0 unspecified atom stereocenters. The van der Waals surface area contributed by atoms with Gasteiger partial charge in [-0.1, -0.05) is 29.3 Å². The third-order valence-electron chi connectivity index (χ3n) is 4.65. The number of aromatic amines is 2. The number of ether oxygens (including phenoxy) is 1. The number of benzene rings is 1. The SMILES string of the molecule is CCN(Cc1nc2c(N)nc3cc(-c4cc[nH]n4)ccc3c2[nH]1)C(=O)OC(=O)C(Cl)Cl. The van der Waals surface area contributed by atoms with E-state index >= 15 is 0 Å². The molecule has 31 heavy (non-hydrogen) atoms. The second kappa shape index (κ2) is 8.40. The number of rotatable bonds is 5. The molecule has 0 aliphatic heterocycles. The fourth-order valence-electron chi connectivity index (χ4n) is 3.16. The summed E-state index contributed by atoms with van der Waals surface area (Å²) in [4.78, 5) is 35.6. The van der Waals surface area contributed by atoms with Crippen molar-refractivity contribution in [3.8, 4) is 11.3 Å². The molecule has 4 aromatic rings. The first kappa shape index (κ1) is 20.9. The van der Waals surface area contributed by atoms with Crippen LogP contribution < -0.4 is 5.73 Å². The van der Waals surface area contributed by atoms with E-state index in [2.05, 4.69) is 29.9 Å². The number of halogens is 2. The molecule has 0 aliphatic rings. The van der Waals surface area contributed by atoms with Crippen LogP contribution in [0.15, 0.2) is 30.5 Å². The molecule has 3 heterocycles. The van der Waals surface area contributed by atoms with Crippen LogP contribution in [0.2, 0.25) is 0 Å². The molecule has 160 valence electrons. The van der Waals surface area contributed by atoms with Crippen LogP contribution in [0.1, 0.15) is 12.7 Å². The summed E-state index contributed by atoms with van der Waals surface area (Å²) in [5.41, 5.74) is 9.66. The summed E-state index contributed by atoms with van der Waals surface area (Å²) < 4.78 is 4.65. The summed E-state index contributed by atoms with van der Waals surface area (Å²) in [7, 11) is 0. The van der Waals surface area contributed by atoms with Gasteiger partial charge in [0.1, 0.15) is 11.3 Å². The molecule has 4 N–H and O–H groups in total. The lowest BCUT2D eigenvalue weighted by Gasteiger charge is -2.18. The van der Waals surface area contributed by atoms with E-state index in [1.54, 1.807) is 13.1 Å². The number of aromatic nitrogens is 5. The number of imidazole rings is 1. The minimum absolute atomic E-state index is 0.0544. The zero-order valence-electron chi connectivity index (χ0n) is 16.2. The normalized spacial score (nSPS) is 11.4. The third kappa shape index (κ3) is 4.12. The van der Waals surface area contributed by atoms with E-state index in [0.29, 0.717) is 22.4 Å². The Kier molecular flexibility index (Phi) is 5.66. The van der Waals surface area contributed by atoms with E-state index in [-0.39, 0.29) is 18.9 Å². The molecule has 0 aliphatic carbocycles.